The molecular weight excluding hydrogens is 757 g/mol. The number of methoxy groups -OCH3 is 1. The number of phenols is 2. The summed E-state index contributed by atoms with van der Waals surface area (Å²) in [6.07, 6.45) is -4.83. The summed E-state index contributed by atoms with van der Waals surface area (Å²) in [6, 6.07) is 3.70. The van der Waals surface area contributed by atoms with Crippen LogP contribution in [0.5, 0.6) is 17.2 Å². The summed E-state index contributed by atoms with van der Waals surface area (Å²) in [5.74, 6) is -2.67. The molecule has 16 heteroatoms. The van der Waals surface area contributed by atoms with E-state index in [2.05, 4.69) is 5.16 Å². The molecule has 2 aliphatic carbocycles. The van der Waals surface area contributed by atoms with E-state index in [1.807, 2.05) is 14.1 Å². The molecule has 0 bridgehead atoms. The Balaban J connectivity index is 0.00000541. The Bertz CT molecular complexity index is 1610. The van der Waals surface area contributed by atoms with E-state index in [1.54, 1.807) is 6.92 Å². The fraction of sp³-hybridized carbons (Fsp3) is 0.545. The second kappa shape index (κ2) is 15.1. The van der Waals surface area contributed by atoms with Gasteiger partial charge in [0.1, 0.15) is 41.7 Å². The number of ketones is 2. The number of oxime groups is 1. The molecule has 2 aromatic rings. The predicted molar refractivity (Wildman–Crippen MR) is 169 cm³/mol. The lowest BCUT2D eigenvalue weighted by atomic mass is 9.71. The number of carbonyl (C=O) groups is 2. The molecule has 15 nitrogen and oxygen atoms in total. The van der Waals surface area contributed by atoms with E-state index < -0.39 is 83.5 Å². The second-order valence-electron chi connectivity index (χ2n) is 13.2. The minimum Gasteiger partial charge on any atom is -1.00 e. The van der Waals surface area contributed by atoms with Gasteiger partial charge in [-0.25, -0.2) is 0 Å². The summed E-state index contributed by atoms with van der Waals surface area (Å²) in [5, 5.41) is 69.6. The van der Waals surface area contributed by atoms with Crippen molar-refractivity contribution in [3.8, 4) is 17.2 Å². The van der Waals surface area contributed by atoms with Crippen molar-refractivity contribution >= 4 is 17.3 Å². The number of aliphatic hydroxyl groups excluding tert-OH is 3. The van der Waals surface area contributed by atoms with Gasteiger partial charge in [0.2, 0.25) is 5.78 Å². The van der Waals surface area contributed by atoms with Crippen LogP contribution in [-0.2, 0) is 20.7 Å². The van der Waals surface area contributed by atoms with E-state index in [1.165, 1.54) is 25.3 Å². The van der Waals surface area contributed by atoms with Crippen molar-refractivity contribution in [2.45, 2.75) is 62.4 Å². The molecule has 5 rings (SSSR count). The summed E-state index contributed by atoms with van der Waals surface area (Å²) in [6.45, 7) is 1.81. The lowest BCUT2D eigenvalue weighted by Crippen LogP contribution is -3.00. The van der Waals surface area contributed by atoms with E-state index in [0.29, 0.717) is 17.6 Å². The number of nitrogens with two attached hydrogens (primary N) is 1. The molecule has 1 saturated heterocycles. The molecule has 6 atom stereocenters. The number of phenolic OH excluding ortho intramolecular Hbond substituents is 2. The number of benzene rings is 2. The van der Waals surface area contributed by atoms with Crippen LogP contribution in [0.2, 0.25) is 0 Å². The van der Waals surface area contributed by atoms with Crippen molar-refractivity contribution < 1.29 is 87.7 Å². The van der Waals surface area contributed by atoms with Crippen molar-refractivity contribution in [1.82, 2.24) is 0 Å². The third-order valence-corrected chi connectivity index (χ3v) is 9.50. The normalized spacial score (nSPS) is 26.7. The first-order valence-electron chi connectivity index (χ1n) is 15.7. The first-order chi connectivity index (χ1) is 22.7. The van der Waals surface area contributed by atoms with E-state index >= 15 is 0 Å². The molecule has 1 unspecified atom stereocenters. The van der Waals surface area contributed by atoms with Crippen molar-refractivity contribution in [3.05, 3.63) is 51.6 Å². The number of carbonyl (C=O) groups excluding carboxylic acids is 2. The molecule has 1 heterocycles. The molecule has 49 heavy (non-hydrogen) atoms. The number of aromatic hydroxyl groups is 2. The Labute approximate surface area is 300 Å². The zero-order valence-electron chi connectivity index (χ0n) is 27.8. The highest BCUT2D eigenvalue weighted by Gasteiger charge is 2.49. The maximum Gasteiger partial charge on any atom is 0.202 e. The standard InChI is InChI=1S/C33H43N3O12.HI/c1-16-28(39)19(34)12-23(47-16)48-21-14-33(44,22(15-38)35-46-11-9-36(2,3)8-10-37)13-18-25(21)32(43)27-26(30(18)41)29(40)17-6-5-7-20(45-4)24(17)31(27)42;/h5-7,16,19,21,23,28,37-39,44H,8-15,34H2,1-4H3,(H-,40,41,42,43);1H/b35-22+;/t16-,19-,21-,23?,28+,33+;/m0./s1. The molecule has 270 valence electrons. The van der Waals surface area contributed by atoms with Crippen LogP contribution in [0.3, 0.4) is 0 Å². The van der Waals surface area contributed by atoms with E-state index in [0.717, 1.165) is 0 Å². The summed E-state index contributed by atoms with van der Waals surface area (Å²) in [4.78, 5) is 33.2. The number of hydrogen-bond acceptors (Lipinski definition) is 14. The molecule has 0 aromatic heterocycles. The number of quaternary nitrogens is 1. The van der Waals surface area contributed by atoms with Gasteiger partial charge >= 0.3 is 0 Å². The Morgan fingerprint density at radius 1 is 1.10 bits per heavy atom. The smallest absolute Gasteiger partial charge is 0.202 e. The van der Waals surface area contributed by atoms with Crippen LogP contribution < -0.4 is 34.4 Å². The van der Waals surface area contributed by atoms with Crippen LogP contribution in [0.4, 0.5) is 0 Å². The van der Waals surface area contributed by atoms with Gasteiger partial charge in [0.15, 0.2) is 18.7 Å². The fourth-order valence-corrected chi connectivity index (χ4v) is 6.67. The Hall–Kier alpha value is -2.94. The average Bonchev–Trinajstić information content (AvgIpc) is 3.03. The van der Waals surface area contributed by atoms with Crippen LogP contribution in [0.1, 0.15) is 68.8 Å². The van der Waals surface area contributed by atoms with Gasteiger partial charge < -0.3 is 83.9 Å². The summed E-state index contributed by atoms with van der Waals surface area (Å²) >= 11 is 0. The molecule has 8 N–H and O–H groups in total. The van der Waals surface area contributed by atoms with Gasteiger partial charge in [-0.1, -0.05) is 17.3 Å². The van der Waals surface area contributed by atoms with E-state index in [9.17, 15) is 40.2 Å². The first kappa shape index (κ1) is 38.9. The molecule has 0 radical (unpaired) electrons. The molecule has 0 amide bonds. The zero-order chi connectivity index (χ0) is 35.1. The molecular formula is C33H44IN3O12. The minimum absolute atomic E-state index is 0. The fourth-order valence-electron chi connectivity index (χ4n) is 6.67. The third-order valence-electron chi connectivity index (χ3n) is 9.50. The highest BCUT2D eigenvalue weighted by molar-refractivity contribution is 6.31. The van der Waals surface area contributed by atoms with Gasteiger partial charge in [0.25, 0.3) is 0 Å². The van der Waals surface area contributed by atoms with Gasteiger partial charge in [-0.2, -0.15) is 0 Å². The minimum atomic E-state index is -2.04. The molecule has 1 aliphatic heterocycles. The van der Waals surface area contributed by atoms with Crippen molar-refractivity contribution in [3.63, 3.8) is 0 Å². The largest absolute Gasteiger partial charge is 1.00 e. The second-order valence-corrected chi connectivity index (χ2v) is 13.2. The number of rotatable bonds is 11. The van der Waals surface area contributed by atoms with Crippen molar-refractivity contribution in [2.75, 3.05) is 54.1 Å². The van der Waals surface area contributed by atoms with E-state index in [4.69, 9.17) is 24.8 Å². The lowest BCUT2D eigenvalue weighted by Gasteiger charge is -2.42. The van der Waals surface area contributed by atoms with Gasteiger partial charge in [0, 0.05) is 42.0 Å². The topological polar surface area (TPSA) is 231 Å². The monoisotopic (exact) mass is 801 g/mol. The van der Waals surface area contributed by atoms with Crippen molar-refractivity contribution in [2.24, 2.45) is 10.9 Å². The number of nitrogens with zero attached hydrogens (tertiary/aromatic N) is 2. The first-order valence-corrected chi connectivity index (χ1v) is 15.7. The summed E-state index contributed by atoms with van der Waals surface area (Å²) in [5.41, 5.74) is 2.70. The highest BCUT2D eigenvalue weighted by Crippen LogP contribution is 2.52. The highest BCUT2D eigenvalue weighted by atomic mass is 127. The number of likely N-dealkylation sites (N-methyl/N-ethyl adjacent to an activating group) is 1. The third kappa shape index (κ3) is 7.29. The molecule has 3 aliphatic rings. The Kier molecular flexibility index (Phi) is 12.0. The van der Waals surface area contributed by atoms with Gasteiger partial charge in [-0.05, 0) is 13.0 Å². The lowest BCUT2D eigenvalue weighted by molar-refractivity contribution is -0.891. The van der Waals surface area contributed by atoms with Crippen molar-refractivity contribution in [1.29, 1.82) is 0 Å². The summed E-state index contributed by atoms with van der Waals surface area (Å²) < 4.78 is 17.9. The van der Waals surface area contributed by atoms with Crippen LogP contribution in [-0.4, -0.2) is 137 Å². The zero-order valence-corrected chi connectivity index (χ0v) is 29.9. The van der Waals surface area contributed by atoms with Crippen LogP contribution >= 0.6 is 0 Å². The van der Waals surface area contributed by atoms with Gasteiger partial charge in [0.05, 0.1) is 69.4 Å². The number of hydrogen-bond donors (Lipinski definition) is 7. The number of ether oxygens (including phenoxy) is 3. The SMILES string of the molecule is COc1cccc2c1C(=O)c1c(O)c3c(c(O)c1C2=O)C[C@](O)(/C(CO)=N/OCC[N+](C)(C)CCO)C[C@@H]3OC1C[C@H](N)[C@H](O)[C@H](C)O1.[I-]. The maximum atomic E-state index is 13.9. The molecule has 0 saturated carbocycles. The Morgan fingerprint density at radius 2 is 1.80 bits per heavy atom. The van der Waals surface area contributed by atoms with E-state index in [-0.39, 0.29) is 83.7 Å². The molecule has 1 fully saturated rings. The number of aliphatic hydroxyl groups is 4. The number of halogens is 1. The van der Waals surface area contributed by atoms with Gasteiger partial charge in [-0.3, -0.25) is 9.59 Å². The predicted octanol–water partition coefficient (Wildman–Crippen LogP) is -3.12. The molecule has 2 aromatic carbocycles. The molecule has 0 spiro atoms. The average molecular weight is 802 g/mol. The van der Waals surface area contributed by atoms with Crippen LogP contribution in [0.25, 0.3) is 0 Å². The summed E-state index contributed by atoms with van der Waals surface area (Å²) in [7, 11) is 5.11. The quantitative estimate of drug-likeness (QED) is 0.0255. The maximum absolute atomic E-state index is 13.9. The van der Waals surface area contributed by atoms with Crippen LogP contribution in [0, 0.1) is 0 Å². The van der Waals surface area contributed by atoms with Gasteiger partial charge in [-0.15, -0.1) is 0 Å². The number of fused-ring (bicyclic) bond motifs is 3. The Morgan fingerprint density at radius 3 is 2.43 bits per heavy atom. The van der Waals surface area contributed by atoms with Crippen LogP contribution in [0.15, 0.2) is 23.4 Å².